The standard InChI is InChI=1S/C14H18N4O.HI/c15-14(18-11-3-4-11)17-8-9-1-2-10-5-6-16-13(19)12(10)7-9;/h1-2,7,11H,3-6,8H2,(H,16,19)(H3,15,17,18);1H. The maximum absolute atomic E-state index is 11.7. The van der Waals surface area contributed by atoms with Crippen molar-refractivity contribution in [3.63, 3.8) is 0 Å². The van der Waals surface area contributed by atoms with E-state index in [4.69, 9.17) is 5.73 Å². The zero-order valence-corrected chi connectivity index (χ0v) is 13.5. The Labute approximate surface area is 135 Å². The van der Waals surface area contributed by atoms with Gasteiger partial charge in [-0.15, -0.1) is 24.0 Å². The lowest BCUT2D eigenvalue weighted by molar-refractivity contribution is 0.0946. The van der Waals surface area contributed by atoms with E-state index in [1.165, 1.54) is 12.8 Å². The van der Waals surface area contributed by atoms with Gasteiger partial charge in [0.05, 0.1) is 6.54 Å². The molecule has 108 valence electrons. The van der Waals surface area contributed by atoms with Gasteiger partial charge in [-0.1, -0.05) is 12.1 Å². The molecule has 2 aliphatic rings. The summed E-state index contributed by atoms with van der Waals surface area (Å²) in [7, 11) is 0. The van der Waals surface area contributed by atoms with Crippen LogP contribution in [0.15, 0.2) is 23.2 Å². The molecule has 4 N–H and O–H groups in total. The highest BCUT2D eigenvalue weighted by Crippen LogP contribution is 2.18. The van der Waals surface area contributed by atoms with Crippen LogP contribution in [0.3, 0.4) is 0 Å². The van der Waals surface area contributed by atoms with Crippen molar-refractivity contribution in [1.29, 1.82) is 0 Å². The Bertz CT molecular complexity index is 540. The number of halogens is 1. The van der Waals surface area contributed by atoms with Gasteiger partial charge in [0.2, 0.25) is 0 Å². The largest absolute Gasteiger partial charge is 0.370 e. The Hall–Kier alpha value is -1.31. The third-order valence-corrected chi connectivity index (χ3v) is 3.46. The number of carbonyl (C=O) groups is 1. The third-order valence-electron chi connectivity index (χ3n) is 3.46. The molecule has 0 saturated heterocycles. The average Bonchev–Trinajstić information content (AvgIpc) is 3.21. The van der Waals surface area contributed by atoms with E-state index >= 15 is 0 Å². The van der Waals surface area contributed by atoms with Crippen LogP contribution in [0.25, 0.3) is 0 Å². The highest BCUT2D eigenvalue weighted by molar-refractivity contribution is 14.0. The smallest absolute Gasteiger partial charge is 0.251 e. The summed E-state index contributed by atoms with van der Waals surface area (Å²) in [5.41, 5.74) is 8.68. The van der Waals surface area contributed by atoms with Crippen molar-refractivity contribution in [1.82, 2.24) is 10.6 Å². The highest BCUT2D eigenvalue weighted by atomic mass is 127. The molecule has 0 radical (unpaired) electrons. The Balaban J connectivity index is 0.00000147. The van der Waals surface area contributed by atoms with Crippen LogP contribution in [0.2, 0.25) is 0 Å². The first kappa shape index (κ1) is 15.1. The molecule has 1 saturated carbocycles. The van der Waals surface area contributed by atoms with Crippen molar-refractivity contribution >= 4 is 35.8 Å². The summed E-state index contributed by atoms with van der Waals surface area (Å²) in [5, 5.41) is 6.00. The molecule has 6 heteroatoms. The van der Waals surface area contributed by atoms with Crippen LogP contribution in [0.1, 0.15) is 34.3 Å². The fraction of sp³-hybridized carbons (Fsp3) is 0.429. The average molecular weight is 386 g/mol. The molecule has 3 rings (SSSR count). The monoisotopic (exact) mass is 386 g/mol. The van der Waals surface area contributed by atoms with Gasteiger partial charge in [-0.05, 0) is 36.5 Å². The summed E-state index contributed by atoms with van der Waals surface area (Å²) in [6.45, 7) is 1.23. The zero-order valence-electron chi connectivity index (χ0n) is 11.2. The molecule has 1 heterocycles. The molecule has 1 aromatic rings. The van der Waals surface area contributed by atoms with Crippen molar-refractivity contribution in [2.45, 2.75) is 31.8 Å². The second-order valence-electron chi connectivity index (χ2n) is 5.12. The van der Waals surface area contributed by atoms with Gasteiger partial charge in [-0.2, -0.15) is 0 Å². The quantitative estimate of drug-likeness (QED) is 0.415. The topological polar surface area (TPSA) is 79.5 Å². The second-order valence-corrected chi connectivity index (χ2v) is 5.12. The van der Waals surface area contributed by atoms with Gasteiger partial charge >= 0.3 is 0 Å². The number of benzene rings is 1. The van der Waals surface area contributed by atoms with Gasteiger partial charge in [0.1, 0.15) is 0 Å². The molecular weight excluding hydrogens is 367 g/mol. The van der Waals surface area contributed by atoms with Crippen molar-refractivity contribution in [3.8, 4) is 0 Å². The van der Waals surface area contributed by atoms with Gasteiger partial charge in [0, 0.05) is 18.2 Å². The van der Waals surface area contributed by atoms with Gasteiger partial charge in [0.25, 0.3) is 5.91 Å². The number of rotatable bonds is 3. The SMILES string of the molecule is I.NC(=NCc1ccc2c(c1)C(=O)NCC2)NC1CC1. The fourth-order valence-corrected chi connectivity index (χ4v) is 2.22. The first-order valence-corrected chi connectivity index (χ1v) is 6.69. The van der Waals surface area contributed by atoms with E-state index in [1.807, 2.05) is 18.2 Å². The Morgan fingerprint density at radius 1 is 1.45 bits per heavy atom. The molecule has 0 bridgehead atoms. The number of fused-ring (bicyclic) bond motifs is 1. The molecule has 20 heavy (non-hydrogen) atoms. The van der Waals surface area contributed by atoms with Crippen LogP contribution < -0.4 is 16.4 Å². The summed E-state index contributed by atoms with van der Waals surface area (Å²) in [6.07, 6.45) is 3.25. The van der Waals surface area contributed by atoms with Gasteiger partial charge < -0.3 is 16.4 Å². The number of aliphatic imine (C=N–C) groups is 1. The van der Waals surface area contributed by atoms with E-state index in [0.29, 0.717) is 18.5 Å². The molecule has 1 aromatic carbocycles. The van der Waals surface area contributed by atoms with E-state index in [1.54, 1.807) is 0 Å². The van der Waals surface area contributed by atoms with Crippen LogP contribution in [-0.2, 0) is 13.0 Å². The lowest BCUT2D eigenvalue weighted by Gasteiger charge is -2.16. The summed E-state index contributed by atoms with van der Waals surface area (Å²) in [4.78, 5) is 16.0. The Kier molecular flexibility index (Phi) is 4.85. The normalized spacial score (nSPS) is 17.8. The molecule has 0 unspecified atom stereocenters. The lowest BCUT2D eigenvalue weighted by atomic mass is 9.98. The minimum atomic E-state index is 0. The number of amides is 1. The molecular formula is C14H19IN4O. The predicted molar refractivity (Wildman–Crippen MR) is 89.4 cm³/mol. The predicted octanol–water partition coefficient (Wildman–Crippen LogP) is 1.16. The number of nitrogens with two attached hydrogens (primary N) is 1. The third kappa shape index (κ3) is 3.62. The van der Waals surface area contributed by atoms with Crippen LogP contribution in [0.5, 0.6) is 0 Å². The van der Waals surface area contributed by atoms with Crippen molar-refractivity contribution in [3.05, 3.63) is 34.9 Å². The van der Waals surface area contributed by atoms with Gasteiger partial charge in [-0.25, -0.2) is 4.99 Å². The first-order chi connectivity index (χ1) is 9.22. The van der Waals surface area contributed by atoms with Gasteiger partial charge in [0.15, 0.2) is 5.96 Å². The minimum absolute atomic E-state index is 0. The number of hydrogen-bond donors (Lipinski definition) is 3. The molecule has 1 amide bonds. The Morgan fingerprint density at radius 3 is 3.00 bits per heavy atom. The minimum Gasteiger partial charge on any atom is -0.370 e. The second kappa shape index (κ2) is 6.43. The first-order valence-electron chi connectivity index (χ1n) is 6.69. The van der Waals surface area contributed by atoms with Crippen molar-refractivity contribution in [2.24, 2.45) is 10.7 Å². The van der Waals surface area contributed by atoms with E-state index in [2.05, 4.69) is 15.6 Å². The van der Waals surface area contributed by atoms with Crippen LogP contribution in [0, 0.1) is 0 Å². The summed E-state index contributed by atoms with van der Waals surface area (Å²) in [6, 6.07) is 6.46. The molecule has 1 aliphatic heterocycles. The molecule has 1 fully saturated rings. The molecule has 0 atom stereocenters. The van der Waals surface area contributed by atoms with Gasteiger partial charge in [-0.3, -0.25) is 4.79 Å². The zero-order chi connectivity index (χ0) is 13.2. The maximum Gasteiger partial charge on any atom is 0.251 e. The van der Waals surface area contributed by atoms with E-state index in [0.717, 1.165) is 29.7 Å². The number of carbonyl (C=O) groups excluding carboxylic acids is 1. The van der Waals surface area contributed by atoms with E-state index in [9.17, 15) is 4.79 Å². The summed E-state index contributed by atoms with van der Waals surface area (Å²) < 4.78 is 0. The fourth-order valence-electron chi connectivity index (χ4n) is 2.22. The number of nitrogens with zero attached hydrogens (tertiary/aromatic N) is 1. The van der Waals surface area contributed by atoms with Crippen LogP contribution in [-0.4, -0.2) is 24.5 Å². The number of nitrogens with one attached hydrogen (secondary N) is 2. The maximum atomic E-state index is 11.7. The highest BCUT2D eigenvalue weighted by Gasteiger charge is 2.21. The van der Waals surface area contributed by atoms with Crippen molar-refractivity contribution in [2.75, 3.05) is 6.54 Å². The molecule has 1 aliphatic carbocycles. The Morgan fingerprint density at radius 2 is 2.25 bits per heavy atom. The summed E-state index contributed by atoms with van der Waals surface area (Å²) in [5.74, 6) is 0.501. The number of guanidine groups is 1. The summed E-state index contributed by atoms with van der Waals surface area (Å²) >= 11 is 0. The van der Waals surface area contributed by atoms with E-state index in [-0.39, 0.29) is 29.9 Å². The van der Waals surface area contributed by atoms with Crippen LogP contribution >= 0.6 is 24.0 Å². The van der Waals surface area contributed by atoms with Crippen molar-refractivity contribution < 1.29 is 4.79 Å². The molecule has 0 aromatic heterocycles. The molecule has 0 spiro atoms. The van der Waals surface area contributed by atoms with E-state index < -0.39 is 0 Å². The number of hydrogen-bond acceptors (Lipinski definition) is 2. The lowest BCUT2D eigenvalue weighted by Crippen LogP contribution is -2.33. The molecule has 5 nitrogen and oxygen atoms in total. The van der Waals surface area contributed by atoms with Crippen LogP contribution in [0.4, 0.5) is 0 Å².